The van der Waals surface area contributed by atoms with Crippen LogP contribution in [0.2, 0.25) is 0 Å². The van der Waals surface area contributed by atoms with Gasteiger partial charge in [-0.1, -0.05) is 24.3 Å². The van der Waals surface area contributed by atoms with Gasteiger partial charge in [-0.2, -0.15) is 0 Å². The van der Waals surface area contributed by atoms with Crippen LogP contribution in [0, 0.1) is 5.41 Å². The Balaban J connectivity index is 1.64. The van der Waals surface area contributed by atoms with Crippen LogP contribution in [-0.2, 0) is 22.5 Å². The van der Waals surface area contributed by atoms with Gasteiger partial charge in [-0.25, -0.2) is 4.79 Å². The van der Waals surface area contributed by atoms with Crippen LogP contribution in [0.4, 0.5) is 4.79 Å². The lowest BCUT2D eigenvalue weighted by molar-refractivity contribution is 0.0137. The first-order valence-electron chi connectivity index (χ1n) is 11.7. The quantitative estimate of drug-likeness (QED) is 0.628. The number of hydrogen-bond donors (Lipinski definition) is 1. The van der Waals surface area contributed by atoms with Gasteiger partial charge in [-0.05, 0) is 91.2 Å². The molecule has 5 nitrogen and oxygen atoms in total. The lowest BCUT2D eigenvalue weighted by atomic mass is 9.71. The number of fused-ring (bicyclic) bond motifs is 3. The lowest BCUT2D eigenvalue weighted by Gasteiger charge is -2.39. The number of nitrogens with zero attached hydrogens (tertiary/aromatic N) is 1. The molecule has 1 N–H and O–H groups in total. The van der Waals surface area contributed by atoms with E-state index in [0.717, 1.165) is 38.5 Å². The van der Waals surface area contributed by atoms with Crippen molar-refractivity contribution in [3.05, 3.63) is 35.4 Å². The summed E-state index contributed by atoms with van der Waals surface area (Å²) in [5, 5.41) is 0. The van der Waals surface area contributed by atoms with Gasteiger partial charge in [0.15, 0.2) is 0 Å². The highest BCUT2D eigenvalue weighted by molar-refractivity contribution is 7.90. The Morgan fingerprint density at radius 2 is 1.81 bits per heavy atom. The van der Waals surface area contributed by atoms with E-state index < -0.39 is 17.0 Å². The van der Waals surface area contributed by atoms with Crippen LogP contribution in [0.15, 0.2) is 24.3 Å². The molecule has 0 unspecified atom stereocenters. The third-order valence-electron chi connectivity index (χ3n) is 7.14. The maximum Gasteiger partial charge on any atom is 0.410 e. The normalized spacial score (nSPS) is 31.5. The topological polar surface area (TPSA) is 64.6 Å². The highest BCUT2D eigenvalue weighted by Gasteiger charge is 2.55. The zero-order chi connectivity index (χ0) is 22.6. The monoisotopic (exact) mass is 446 g/mol. The van der Waals surface area contributed by atoms with Crippen molar-refractivity contribution in [2.24, 2.45) is 5.41 Å². The first kappa shape index (κ1) is 22.9. The molecule has 2 fully saturated rings. The number of benzene rings is 1. The molecule has 1 spiro atoms. The predicted octanol–water partition coefficient (Wildman–Crippen LogP) is 5.27. The highest BCUT2D eigenvalue weighted by Crippen LogP contribution is 2.56. The maximum absolute atomic E-state index is 13.1. The van der Waals surface area contributed by atoms with Crippen LogP contribution in [0.5, 0.6) is 0 Å². The molecule has 3 aliphatic rings. The van der Waals surface area contributed by atoms with Crippen LogP contribution in [0.1, 0.15) is 90.8 Å². The molecule has 1 aliphatic carbocycles. The Labute approximate surface area is 190 Å². The summed E-state index contributed by atoms with van der Waals surface area (Å²) in [7, 11) is 0. The molecule has 31 heavy (non-hydrogen) atoms. The molecular formula is C25H38N2O3S. The molecule has 0 saturated carbocycles. The van der Waals surface area contributed by atoms with Gasteiger partial charge in [0.1, 0.15) is 10.3 Å². The number of carbonyl (C=O) groups excluding carboxylic acids is 1. The van der Waals surface area contributed by atoms with Crippen molar-refractivity contribution >= 4 is 17.5 Å². The first-order valence-corrected chi connectivity index (χ1v) is 12.8. The lowest BCUT2D eigenvalue weighted by Crippen LogP contribution is -2.47. The molecule has 5 atom stereocenters. The number of ether oxygens (including phenoxy) is 1. The van der Waals surface area contributed by atoms with Gasteiger partial charge in [0.25, 0.3) is 0 Å². The van der Waals surface area contributed by atoms with Gasteiger partial charge in [0, 0.05) is 28.9 Å². The highest BCUT2D eigenvalue weighted by atomic mass is 32.2. The van der Waals surface area contributed by atoms with Crippen molar-refractivity contribution in [3.63, 3.8) is 0 Å². The Bertz CT molecular complexity index is 831. The van der Waals surface area contributed by atoms with Gasteiger partial charge in [-0.15, -0.1) is 4.72 Å². The Hall–Kier alpha value is -1.24. The van der Waals surface area contributed by atoms with Crippen LogP contribution in [-0.4, -0.2) is 38.0 Å². The summed E-state index contributed by atoms with van der Waals surface area (Å²) < 4.78 is 22.1. The second kappa shape index (κ2) is 7.96. The van der Waals surface area contributed by atoms with E-state index in [1.54, 1.807) is 0 Å². The van der Waals surface area contributed by atoms with Crippen molar-refractivity contribution in [1.29, 1.82) is 0 Å². The third kappa shape index (κ3) is 4.49. The summed E-state index contributed by atoms with van der Waals surface area (Å²) in [5.74, 6) is 0. The number of amides is 1. The molecule has 4 rings (SSSR count). The van der Waals surface area contributed by atoms with Crippen LogP contribution in [0.25, 0.3) is 0 Å². The van der Waals surface area contributed by atoms with Gasteiger partial charge >= 0.3 is 6.09 Å². The molecule has 2 heterocycles. The average molecular weight is 447 g/mol. The molecule has 2 bridgehead atoms. The van der Waals surface area contributed by atoms with Crippen LogP contribution in [0.3, 0.4) is 0 Å². The molecule has 1 aromatic rings. The van der Waals surface area contributed by atoms with Gasteiger partial charge in [-0.3, -0.25) is 0 Å². The minimum absolute atomic E-state index is 0.0231. The molecular weight excluding hydrogens is 408 g/mol. The molecule has 172 valence electrons. The van der Waals surface area contributed by atoms with E-state index in [1.807, 2.05) is 46.4 Å². The smallest absolute Gasteiger partial charge is 0.410 e. The van der Waals surface area contributed by atoms with Crippen molar-refractivity contribution in [2.75, 3.05) is 0 Å². The number of carbonyl (C=O) groups is 1. The fourth-order valence-corrected chi connectivity index (χ4v) is 6.71. The number of nitrogens with one attached hydrogen (secondary N) is 1. The fourth-order valence-electron chi connectivity index (χ4n) is 5.77. The summed E-state index contributed by atoms with van der Waals surface area (Å²) in [6.07, 6.45) is 5.82. The average Bonchev–Trinajstić information content (AvgIpc) is 3.11. The Kier molecular flexibility index (Phi) is 5.89. The Morgan fingerprint density at radius 1 is 1.13 bits per heavy atom. The molecule has 6 heteroatoms. The summed E-state index contributed by atoms with van der Waals surface area (Å²) in [6.45, 7) is 11.8. The largest absolute Gasteiger partial charge is 0.598 e. The van der Waals surface area contributed by atoms with Crippen molar-refractivity contribution in [3.8, 4) is 0 Å². The number of rotatable bonds is 2. The standard InChI is InChI=1S/C25H38N2O3S/c1-23(2,3)30-22(28)27-18-11-12-19(27)16-25(14-13-18)15-17-9-7-8-10-20(17)21(25)26-31(29)24(4,5)6/h7-10,18-19,21,26H,11-16H2,1-6H3/t18-,19+,21-,25+,31-/m1/s1. The first-order chi connectivity index (χ1) is 14.4. The molecule has 0 aromatic heterocycles. The molecule has 2 aliphatic heterocycles. The molecule has 2 saturated heterocycles. The summed E-state index contributed by atoms with van der Waals surface area (Å²) in [4.78, 5) is 15.1. The third-order valence-corrected chi connectivity index (χ3v) is 8.71. The van der Waals surface area contributed by atoms with Gasteiger partial charge in [0.2, 0.25) is 0 Å². The van der Waals surface area contributed by atoms with Crippen molar-refractivity contribution < 1.29 is 14.1 Å². The van der Waals surface area contributed by atoms with E-state index in [1.165, 1.54) is 11.1 Å². The number of hydrogen-bond acceptors (Lipinski definition) is 4. The van der Waals surface area contributed by atoms with Crippen molar-refractivity contribution in [2.45, 2.75) is 109 Å². The van der Waals surface area contributed by atoms with E-state index in [9.17, 15) is 9.35 Å². The summed E-state index contributed by atoms with van der Waals surface area (Å²) in [6, 6.07) is 9.07. The zero-order valence-electron chi connectivity index (χ0n) is 19.9. The molecule has 1 aromatic carbocycles. The van der Waals surface area contributed by atoms with Crippen LogP contribution < -0.4 is 4.72 Å². The SMILES string of the molecule is CC(C)(C)OC(=O)N1[C@@H]2CC[C@H]1C[C@]1(CC2)Cc2ccccc2[C@H]1N[S@+]([O-])C(C)(C)C. The zero-order valence-corrected chi connectivity index (χ0v) is 20.7. The van der Waals surface area contributed by atoms with Gasteiger partial charge in [0.05, 0.1) is 6.04 Å². The summed E-state index contributed by atoms with van der Waals surface area (Å²) in [5.41, 5.74) is 2.12. The molecule has 0 radical (unpaired) electrons. The second-order valence-electron chi connectivity index (χ2n) is 11.7. The summed E-state index contributed by atoms with van der Waals surface area (Å²) >= 11 is -1.16. The fraction of sp³-hybridized carbons (Fsp3) is 0.720. The van der Waals surface area contributed by atoms with E-state index >= 15 is 0 Å². The van der Waals surface area contributed by atoms with Gasteiger partial charge < -0.3 is 14.2 Å². The van der Waals surface area contributed by atoms with Crippen molar-refractivity contribution in [1.82, 2.24) is 9.62 Å². The minimum atomic E-state index is -1.16. The minimum Gasteiger partial charge on any atom is -0.598 e. The van der Waals surface area contributed by atoms with E-state index in [4.69, 9.17) is 4.74 Å². The van der Waals surface area contributed by atoms with E-state index in [2.05, 4.69) is 29.0 Å². The molecule has 1 amide bonds. The van der Waals surface area contributed by atoms with E-state index in [-0.39, 0.29) is 34.4 Å². The van der Waals surface area contributed by atoms with E-state index in [0.29, 0.717) is 0 Å². The maximum atomic E-state index is 13.1. The second-order valence-corrected chi connectivity index (χ2v) is 13.7. The van der Waals surface area contributed by atoms with Crippen LogP contribution >= 0.6 is 0 Å². The predicted molar refractivity (Wildman–Crippen MR) is 125 cm³/mol. The Morgan fingerprint density at radius 3 is 2.48 bits per heavy atom.